The molecule has 108 valence electrons. The highest BCUT2D eigenvalue weighted by atomic mass is 16.5. The minimum Gasteiger partial charge on any atom is -0.497 e. The fourth-order valence-corrected chi connectivity index (χ4v) is 1.72. The number of benzene rings is 1. The molecule has 0 spiro atoms. The molecular formula is C13H17N3O4. The lowest BCUT2D eigenvalue weighted by Gasteiger charge is -2.07. The van der Waals surface area contributed by atoms with Gasteiger partial charge in [0, 0.05) is 13.2 Å². The van der Waals surface area contributed by atoms with Crippen molar-refractivity contribution in [3.8, 4) is 23.0 Å². The SMILES string of the molecule is COCC(N)c1noc(-c2ccc(OC)cc2OC)n1. The van der Waals surface area contributed by atoms with Crippen molar-refractivity contribution < 1.29 is 18.7 Å². The molecule has 0 saturated carbocycles. The summed E-state index contributed by atoms with van der Waals surface area (Å²) in [5, 5.41) is 3.85. The van der Waals surface area contributed by atoms with Crippen molar-refractivity contribution in [1.29, 1.82) is 0 Å². The average Bonchev–Trinajstić information content (AvgIpc) is 2.96. The zero-order chi connectivity index (χ0) is 14.5. The Bertz CT molecular complexity index is 570. The van der Waals surface area contributed by atoms with E-state index in [0.29, 0.717) is 35.4 Å². The van der Waals surface area contributed by atoms with E-state index in [1.54, 1.807) is 39.5 Å². The minimum absolute atomic E-state index is 0.318. The third kappa shape index (κ3) is 2.89. The quantitative estimate of drug-likeness (QED) is 0.854. The van der Waals surface area contributed by atoms with E-state index in [-0.39, 0.29) is 0 Å². The molecule has 2 N–H and O–H groups in total. The fraction of sp³-hybridized carbons (Fsp3) is 0.385. The van der Waals surface area contributed by atoms with Gasteiger partial charge in [0.1, 0.15) is 11.5 Å². The van der Waals surface area contributed by atoms with Crippen LogP contribution in [0.4, 0.5) is 0 Å². The molecule has 1 aromatic carbocycles. The van der Waals surface area contributed by atoms with E-state index in [4.69, 9.17) is 24.5 Å². The maximum Gasteiger partial charge on any atom is 0.261 e. The molecule has 0 bridgehead atoms. The summed E-state index contributed by atoms with van der Waals surface area (Å²) in [7, 11) is 4.71. The van der Waals surface area contributed by atoms with Gasteiger partial charge in [-0.1, -0.05) is 5.16 Å². The first-order valence-corrected chi connectivity index (χ1v) is 6.00. The molecule has 0 aliphatic heterocycles. The number of nitrogens with two attached hydrogens (primary N) is 1. The molecule has 0 fully saturated rings. The van der Waals surface area contributed by atoms with Crippen LogP contribution in [0.1, 0.15) is 11.9 Å². The highest BCUT2D eigenvalue weighted by Gasteiger charge is 2.18. The summed E-state index contributed by atoms with van der Waals surface area (Å²) >= 11 is 0. The molecule has 0 aliphatic rings. The van der Waals surface area contributed by atoms with Crippen LogP contribution in [0.15, 0.2) is 22.7 Å². The summed E-state index contributed by atoms with van der Waals surface area (Å²) in [5.41, 5.74) is 6.53. The predicted octanol–water partition coefficient (Wildman–Crippen LogP) is 1.40. The van der Waals surface area contributed by atoms with E-state index in [9.17, 15) is 0 Å². The van der Waals surface area contributed by atoms with Gasteiger partial charge in [-0.15, -0.1) is 0 Å². The Hall–Kier alpha value is -2.12. The van der Waals surface area contributed by atoms with Crippen LogP contribution >= 0.6 is 0 Å². The summed E-state index contributed by atoms with van der Waals surface area (Å²) in [4.78, 5) is 4.26. The zero-order valence-electron chi connectivity index (χ0n) is 11.6. The Balaban J connectivity index is 2.32. The monoisotopic (exact) mass is 279 g/mol. The third-order valence-electron chi connectivity index (χ3n) is 2.76. The maximum absolute atomic E-state index is 5.85. The van der Waals surface area contributed by atoms with Crippen LogP contribution in [-0.4, -0.2) is 38.1 Å². The first kappa shape index (κ1) is 14.3. The Morgan fingerprint density at radius 1 is 1.25 bits per heavy atom. The molecule has 1 heterocycles. The number of nitrogens with zero attached hydrogens (tertiary/aromatic N) is 2. The van der Waals surface area contributed by atoms with E-state index >= 15 is 0 Å². The molecule has 20 heavy (non-hydrogen) atoms. The summed E-state index contributed by atoms with van der Waals surface area (Å²) < 4.78 is 20.6. The Morgan fingerprint density at radius 3 is 2.70 bits per heavy atom. The normalized spacial score (nSPS) is 12.2. The molecule has 0 amide bonds. The second kappa shape index (κ2) is 6.36. The topological polar surface area (TPSA) is 92.6 Å². The van der Waals surface area contributed by atoms with Gasteiger partial charge in [0.05, 0.1) is 32.4 Å². The van der Waals surface area contributed by atoms with Crippen LogP contribution in [0.3, 0.4) is 0 Å². The number of hydrogen-bond donors (Lipinski definition) is 1. The average molecular weight is 279 g/mol. The van der Waals surface area contributed by atoms with Gasteiger partial charge >= 0.3 is 0 Å². The van der Waals surface area contributed by atoms with Gasteiger partial charge in [-0.2, -0.15) is 4.98 Å². The Morgan fingerprint density at radius 2 is 2.05 bits per heavy atom. The molecule has 2 rings (SSSR count). The van der Waals surface area contributed by atoms with Gasteiger partial charge in [-0.25, -0.2) is 0 Å². The molecular weight excluding hydrogens is 262 g/mol. The van der Waals surface area contributed by atoms with Crippen LogP contribution in [0.5, 0.6) is 11.5 Å². The van der Waals surface area contributed by atoms with Crippen LogP contribution in [-0.2, 0) is 4.74 Å². The van der Waals surface area contributed by atoms with Crippen LogP contribution in [0.2, 0.25) is 0 Å². The summed E-state index contributed by atoms with van der Waals surface area (Å²) in [6.07, 6.45) is 0. The Kier molecular flexibility index (Phi) is 4.54. The van der Waals surface area contributed by atoms with Gasteiger partial charge in [-0.3, -0.25) is 0 Å². The number of hydrogen-bond acceptors (Lipinski definition) is 7. The number of ether oxygens (including phenoxy) is 3. The first-order valence-electron chi connectivity index (χ1n) is 6.00. The van der Waals surface area contributed by atoms with Crippen molar-refractivity contribution in [1.82, 2.24) is 10.1 Å². The van der Waals surface area contributed by atoms with Gasteiger partial charge in [0.25, 0.3) is 5.89 Å². The third-order valence-corrected chi connectivity index (χ3v) is 2.76. The molecule has 2 aromatic rings. The Labute approximate surface area is 116 Å². The lowest BCUT2D eigenvalue weighted by atomic mass is 10.2. The smallest absolute Gasteiger partial charge is 0.261 e. The molecule has 1 atom stereocenters. The lowest BCUT2D eigenvalue weighted by Crippen LogP contribution is -2.17. The highest BCUT2D eigenvalue weighted by Crippen LogP contribution is 2.32. The van der Waals surface area contributed by atoms with E-state index < -0.39 is 6.04 Å². The van der Waals surface area contributed by atoms with Crippen molar-refractivity contribution >= 4 is 0 Å². The molecule has 7 nitrogen and oxygen atoms in total. The number of aromatic nitrogens is 2. The second-order valence-corrected chi connectivity index (χ2v) is 4.09. The highest BCUT2D eigenvalue weighted by molar-refractivity contribution is 5.64. The van der Waals surface area contributed by atoms with E-state index in [1.807, 2.05) is 0 Å². The first-order chi connectivity index (χ1) is 9.69. The molecule has 1 aromatic heterocycles. The lowest BCUT2D eigenvalue weighted by molar-refractivity contribution is 0.177. The van der Waals surface area contributed by atoms with Crippen molar-refractivity contribution in [2.75, 3.05) is 27.9 Å². The van der Waals surface area contributed by atoms with E-state index in [1.165, 1.54) is 0 Å². The summed E-state index contributed by atoms with van der Waals surface area (Å²) in [5.74, 6) is 1.99. The number of methoxy groups -OCH3 is 3. The van der Waals surface area contributed by atoms with Gasteiger partial charge in [0.2, 0.25) is 0 Å². The second-order valence-electron chi connectivity index (χ2n) is 4.09. The van der Waals surface area contributed by atoms with Crippen molar-refractivity contribution in [2.45, 2.75) is 6.04 Å². The summed E-state index contributed by atoms with van der Waals surface area (Å²) in [6, 6.07) is 4.89. The largest absolute Gasteiger partial charge is 0.497 e. The van der Waals surface area contributed by atoms with Crippen molar-refractivity contribution in [3.63, 3.8) is 0 Å². The molecule has 7 heteroatoms. The van der Waals surface area contributed by atoms with Crippen LogP contribution < -0.4 is 15.2 Å². The van der Waals surface area contributed by atoms with Gasteiger partial charge in [0.15, 0.2) is 5.82 Å². The van der Waals surface area contributed by atoms with Gasteiger partial charge in [-0.05, 0) is 12.1 Å². The van der Waals surface area contributed by atoms with E-state index in [0.717, 1.165) is 0 Å². The minimum atomic E-state index is -0.429. The predicted molar refractivity (Wildman–Crippen MR) is 71.6 cm³/mol. The fourth-order valence-electron chi connectivity index (χ4n) is 1.72. The van der Waals surface area contributed by atoms with Crippen LogP contribution in [0.25, 0.3) is 11.5 Å². The maximum atomic E-state index is 5.85. The van der Waals surface area contributed by atoms with Gasteiger partial charge < -0.3 is 24.5 Å². The molecule has 1 unspecified atom stereocenters. The molecule has 0 radical (unpaired) electrons. The van der Waals surface area contributed by atoms with E-state index in [2.05, 4.69) is 10.1 Å². The number of rotatable bonds is 6. The molecule has 0 saturated heterocycles. The standard InChI is InChI=1S/C13H17N3O4/c1-17-7-10(14)12-15-13(20-16-12)9-5-4-8(18-2)6-11(9)19-3/h4-6,10H,7,14H2,1-3H3. The van der Waals surface area contributed by atoms with Crippen molar-refractivity contribution in [2.24, 2.45) is 5.73 Å². The molecule has 0 aliphatic carbocycles. The van der Waals surface area contributed by atoms with Crippen molar-refractivity contribution in [3.05, 3.63) is 24.0 Å². The zero-order valence-corrected chi connectivity index (χ0v) is 11.6. The summed E-state index contributed by atoms with van der Waals surface area (Å²) in [6.45, 7) is 0.318. The van der Waals surface area contributed by atoms with Crippen LogP contribution in [0, 0.1) is 0 Å².